The Morgan fingerprint density at radius 3 is 2.19 bits per heavy atom. The number of amides is 1. The van der Waals surface area contributed by atoms with Gasteiger partial charge in [0.1, 0.15) is 11.6 Å². The van der Waals surface area contributed by atoms with Gasteiger partial charge in [0.15, 0.2) is 0 Å². The van der Waals surface area contributed by atoms with Crippen molar-refractivity contribution in [3.8, 4) is 0 Å². The predicted octanol–water partition coefficient (Wildman–Crippen LogP) is 3.63. The van der Waals surface area contributed by atoms with Crippen LogP contribution in [0.2, 0.25) is 0 Å². The monoisotopic (exact) mass is 358 g/mol. The zero-order valence-corrected chi connectivity index (χ0v) is 14.8. The molecule has 2 aromatic rings. The van der Waals surface area contributed by atoms with Crippen LogP contribution in [0.5, 0.6) is 0 Å². The van der Waals surface area contributed by atoms with E-state index in [-0.39, 0.29) is 17.5 Å². The fraction of sp³-hybridized carbons (Fsp3) is 0.381. The van der Waals surface area contributed by atoms with Gasteiger partial charge in [-0.25, -0.2) is 8.78 Å². The molecule has 0 unspecified atom stereocenters. The van der Waals surface area contributed by atoms with Gasteiger partial charge >= 0.3 is 0 Å². The van der Waals surface area contributed by atoms with E-state index in [1.54, 1.807) is 30.3 Å². The molecule has 1 fully saturated rings. The molecule has 1 saturated heterocycles. The van der Waals surface area contributed by atoms with E-state index in [4.69, 9.17) is 0 Å². The van der Waals surface area contributed by atoms with Crippen LogP contribution in [-0.4, -0.2) is 41.9 Å². The van der Waals surface area contributed by atoms with Crippen molar-refractivity contribution >= 4 is 5.91 Å². The van der Waals surface area contributed by atoms with Crippen molar-refractivity contribution in [2.45, 2.75) is 25.8 Å². The first-order chi connectivity index (χ1) is 12.6. The highest BCUT2D eigenvalue weighted by atomic mass is 19.1. The fourth-order valence-electron chi connectivity index (χ4n) is 3.35. The quantitative estimate of drug-likeness (QED) is 0.815. The van der Waals surface area contributed by atoms with Crippen LogP contribution in [0.15, 0.2) is 48.5 Å². The summed E-state index contributed by atoms with van der Waals surface area (Å²) < 4.78 is 27.5. The highest BCUT2D eigenvalue weighted by Crippen LogP contribution is 2.14. The average Bonchev–Trinajstić information content (AvgIpc) is 2.88. The summed E-state index contributed by atoms with van der Waals surface area (Å²) in [6, 6.07) is 13.4. The number of rotatable bonds is 5. The minimum absolute atomic E-state index is 0.0565. The molecule has 0 saturated carbocycles. The number of carbonyl (C=O) groups excluding carboxylic acids is 1. The molecule has 1 aliphatic heterocycles. The Kier molecular flexibility index (Phi) is 6.34. The van der Waals surface area contributed by atoms with E-state index in [0.717, 1.165) is 19.5 Å². The summed E-state index contributed by atoms with van der Waals surface area (Å²) in [5.41, 5.74) is 1.27. The number of nitrogens with zero attached hydrogens (tertiary/aromatic N) is 2. The molecule has 3 nitrogen and oxygen atoms in total. The van der Waals surface area contributed by atoms with E-state index in [2.05, 4.69) is 4.90 Å². The molecule has 3 rings (SSSR count). The van der Waals surface area contributed by atoms with Crippen LogP contribution in [0.4, 0.5) is 8.78 Å². The summed E-state index contributed by atoms with van der Waals surface area (Å²) in [7, 11) is 0. The molecule has 0 atom stereocenters. The van der Waals surface area contributed by atoms with E-state index in [0.29, 0.717) is 43.6 Å². The second kappa shape index (κ2) is 8.90. The largest absolute Gasteiger partial charge is 0.341 e. The number of halogens is 2. The zero-order chi connectivity index (χ0) is 18.4. The minimum Gasteiger partial charge on any atom is -0.341 e. The smallest absolute Gasteiger partial charge is 0.222 e. The van der Waals surface area contributed by atoms with E-state index < -0.39 is 0 Å². The molecule has 0 bridgehead atoms. The van der Waals surface area contributed by atoms with Crippen LogP contribution in [0.3, 0.4) is 0 Å². The summed E-state index contributed by atoms with van der Waals surface area (Å²) in [5, 5.41) is 0. The van der Waals surface area contributed by atoms with Gasteiger partial charge in [-0.3, -0.25) is 9.69 Å². The third kappa shape index (κ3) is 4.88. The second-order valence-corrected chi connectivity index (χ2v) is 6.69. The Bertz CT molecular complexity index is 750. The Morgan fingerprint density at radius 1 is 0.846 bits per heavy atom. The van der Waals surface area contributed by atoms with Crippen molar-refractivity contribution in [2.24, 2.45) is 0 Å². The lowest BCUT2D eigenvalue weighted by atomic mass is 10.1. The van der Waals surface area contributed by atoms with Crippen LogP contribution in [0, 0.1) is 11.6 Å². The summed E-state index contributed by atoms with van der Waals surface area (Å²) in [5.74, 6) is -0.386. The van der Waals surface area contributed by atoms with Crippen LogP contribution in [-0.2, 0) is 17.8 Å². The molecular weight excluding hydrogens is 334 g/mol. The number of benzene rings is 2. The number of hydrogen-bond donors (Lipinski definition) is 0. The van der Waals surface area contributed by atoms with Crippen molar-refractivity contribution in [3.63, 3.8) is 0 Å². The lowest BCUT2D eigenvalue weighted by Gasteiger charge is -2.22. The molecule has 0 N–H and O–H groups in total. The second-order valence-electron chi connectivity index (χ2n) is 6.69. The van der Waals surface area contributed by atoms with Crippen LogP contribution < -0.4 is 0 Å². The molecule has 2 aromatic carbocycles. The molecule has 0 aromatic heterocycles. The van der Waals surface area contributed by atoms with Gasteiger partial charge in [-0.15, -0.1) is 0 Å². The van der Waals surface area contributed by atoms with Crippen molar-refractivity contribution in [3.05, 3.63) is 71.3 Å². The first kappa shape index (κ1) is 18.5. The Morgan fingerprint density at radius 2 is 1.50 bits per heavy atom. The van der Waals surface area contributed by atoms with Gasteiger partial charge in [0.25, 0.3) is 0 Å². The molecule has 1 heterocycles. The van der Waals surface area contributed by atoms with Crippen molar-refractivity contribution < 1.29 is 13.6 Å². The number of aryl methyl sites for hydroxylation is 1. The zero-order valence-electron chi connectivity index (χ0n) is 14.8. The van der Waals surface area contributed by atoms with Crippen LogP contribution >= 0.6 is 0 Å². The van der Waals surface area contributed by atoms with Gasteiger partial charge in [-0.05, 0) is 30.5 Å². The summed E-state index contributed by atoms with van der Waals surface area (Å²) >= 11 is 0. The van der Waals surface area contributed by atoms with Gasteiger partial charge in [0.05, 0.1) is 0 Å². The van der Waals surface area contributed by atoms with Gasteiger partial charge in [-0.1, -0.05) is 36.4 Å². The molecule has 5 heteroatoms. The fourth-order valence-corrected chi connectivity index (χ4v) is 3.35. The molecule has 138 valence electrons. The molecule has 1 amide bonds. The first-order valence-electron chi connectivity index (χ1n) is 9.10. The maximum absolute atomic E-state index is 13.8. The van der Waals surface area contributed by atoms with E-state index >= 15 is 0 Å². The third-order valence-corrected chi connectivity index (χ3v) is 4.86. The highest BCUT2D eigenvalue weighted by molar-refractivity contribution is 5.76. The lowest BCUT2D eigenvalue weighted by Crippen LogP contribution is -2.35. The van der Waals surface area contributed by atoms with E-state index in [1.165, 1.54) is 12.1 Å². The Hall–Kier alpha value is -2.27. The molecule has 0 spiro atoms. The maximum atomic E-state index is 13.8. The number of carbonyl (C=O) groups is 1. The summed E-state index contributed by atoms with van der Waals surface area (Å²) in [6.07, 6.45) is 1.59. The Labute approximate surface area is 153 Å². The SMILES string of the molecule is O=C(CCc1ccccc1F)N1CCCN(Cc2ccccc2F)CC1. The lowest BCUT2D eigenvalue weighted by molar-refractivity contribution is -0.131. The van der Waals surface area contributed by atoms with Gasteiger partial charge in [0, 0.05) is 44.7 Å². The van der Waals surface area contributed by atoms with Gasteiger partial charge in [0.2, 0.25) is 5.91 Å². The normalized spacial score (nSPS) is 15.7. The van der Waals surface area contributed by atoms with Crippen molar-refractivity contribution in [1.29, 1.82) is 0 Å². The highest BCUT2D eigenvalue weighted by Gasteiger charge is 2.20. The van der Waals surface area contributed by atoms with E-state index in [1.807, 2.05) is 11.0 Å². The minimum atomic E-state index is -0.257. The molecule has 0 radical (unpaired) electrons. The van der Waals surface area contributed by atoms with Gasteiger partial charge < -0.3 is 4.90 Å². The molecule has 1 aliphatic rings. The number of hydrogen-bond acceptors (Lipinski definition) is 2. The van der Waals surface area contributed by atoms with Crippen molar-refractivity contribution in [2.75, 3.05) is 26.2 Å². The average molecular weight is 358 g/mol. The standard InChI is InChI=1S/C21H24F2N2O/c22-19-8-3-1-6-17(19)10-11-21(26)25-13-5-12-24(14-15-25)16-18-7-2-4-9-20(18)23/h1-4,6-9H,5,10-16H2. The van der Waals surface area contributed by atoms with Crippen LogP contribution in [0.1, 0.15) is 24.0 Å². The maximum Gasteiger partial charge on any atom is 0.222 e. The molecular formula is C21H24F2N2O. The molecule has 0 aliphatic carbocycles. The predicted molar refractivity (Wildman–Crippen MR) is 97.6 cm³/mol. The third-order valence-electron chi connectivity index (χ3n) is 4.86. The van der Waals surface area contributed by atoms with Gasteiger partial charge in [-0.2, -0.15) is 0 Å². The van der Waals surface area contributed by atoms with Crippen LogP contribution in [0.25, 0.3) is 0 Å². The topological polar surface area (TPSA) is 23.6 Å². The van der Waals surface area contributed by atoms with Crippen molar-refractivity contribution in [1.82, 2.24) is 9.80 Å². The first-order valence-corrected chi connectivity index (χ1v) is 9.10. The molecule has 26 heavy (non-hydrogen) atoms. The summed E-state index contributed by atoms with van der Waals surface area (Å²) in [4.78, 5) is 16.5. The Balaban J connectivity index is 1.51. The summed E-state index contributed by atoms with van der Waals surface area (Å²) in [6.45, 7) is 3.45. The van der Waals surface area contributed by atoms with E-state index in [9.17, 15) is 13.6 Å².